The standard InChI is InChI=1S/C19H18N4O6S/c1-29-19(26)22-9-8-13-14(10-22)30-18(16(13)17(20)25)21-15(24)7-4-11-2-5-12(6-3-11)23(27)28/h2-7H,8-10H2,1H3,(H2,20,25)(H,21,24)/b7-4-. The molecule has 3 amide bonds. The van der Waals surface area contributed by atoms with E-state index in [4.69, 9.17) is 10.5 Å². The predicted molar refractivity (Wildman–Crippen MR) is 110 cm³/mol. The third-order valence-corrected chi connectivity index (χ3v) is 5.64. The highest BCUT2D eigenvalue weighted by molar-refractivity contribution is 7.17. The van der Waals surface area contributed by atoms with E-state index in [1.165, 1.54) is 59.8 Å². The van der Waals surface area contributed by atoms with E-state index in [9.17, 15) is 24.5 Å². The molecule has 0 fully saturated rings. The topological polar surface area (TPSA) is 145 Å². The van der Waals surface area contributed by atoms with Gasteiger partial charge in [-0.15, -0.1) is 11.3 Å². The number of carbonyl (C=O) groups is 3. The fourth-order valence-electron chi connectivity index (χ4n) is 3.07. The maximum absolute atomic E-state index is 12.3. The average Bonchev–Trinajstić information content (AvgIpc) is 3.08. The molecule has 0 radical (unpaired) electrons. The Morgan fingerprint density at radius 1 is 1.30 bits per heavy atom. The number of nitro groups is 1. The lowest BCUT2D eigenvalue weighted by Crippen LogP contribution is -2.35. The first-order valence-corrected chi connectivity index (χ1v) is 9.62. The van der Waals surface area contributed by atoms with Gasteiger partial charge in [-0.3, -0.25) is 19.7 Å². The Balaban J connectivity index is 1.76. The van der Waals surface area contributed by atoms with Gasteiger partial charge in [0.25, 0.3) is 11.6 Å². The van der Waals surface area contributed by atoms with Crippen molar-refractivity contribution in [2.24, 2.45) is 5.73 Å². The second-order valence-corrected chi connectivity index (χ2v) is 7.49. The molecule has 156 valence electrons. The van der Waals surface area contributed by atoms with Crippen LogP contribution in [0.25, 0.3) is 6.08 Å². The Morgan fingerprint density at radius 2 is 2.00 bits per heavy atom. The summed E-state index contributed by atoms with van der Waals surface area (Å²) in [6, 6.07) is 5.70. The van der Waals surface area contributed by atoms with Crippen LogP contribution >= 0.6 is 11.3 Å². The molecule has 1 aliphatic rings. The predicted octanol–water partition coefficient (Wildman–Crippen LogP) is 2.53. The molecule has 1 aromatic carbocycles. The van der Waals surface area contributed by atoms with Crippen LogP contribution in [-0.2, 0) is 22.5 Å². The summed E-state index contributed by atoms with van der Waals surface area (Å²) in [5.41, 5.74) is 7.05. The Kier molecular flexibility index (Phi) is 6.11. The van der Waals surface area contributed by atoms with E-state index in [1.807, 2.05) is 0 Å². The molecule has 0 bridgehead atoms. The summed E-state index contributed by atoms with van der Waals surface area (Å²) < 4.78 is 4.73. The van der Waals surface area contributed by atoms with Gasteiger partial charge in [0.2, 0.25) is 5.91 Å². The first kappa shape index (κ1) is 21.0. The molecule has 0 aliphatic carbocycles. The molecule has 0 unspecified atom stereocenters. The number of hydrogen-bond donors (Lipinski definition) is 2. The quantitative estimate of drug-likeness (QED) is 0.424. The van der Waals surface area contributed by atoms with Crippen LogP contribution in [0, 0.1) is 10.1 Å². The zero-order valence-electron chi connectivity index (χ0n) is 15.9. The van der Waals surface area contributed by atoms with E-state index >= 15 is 0 Å². The lowest BCUT2D eigenvalue weighted by molar-refractivity contribution is -0.384. The molecule has 3 rings (SSSR count). The van der Waals surface area contributed by atoms with Crippen molar-refractivity contribution >= 4 is 46.0 Å². The minimum atomic E-state index is -0.659. The van der Waals surface area contributed by atoms with Gasteiger partial charge < -0.3 is 20.7 Å². The van der Waals surface area contributed by atoms with Crippen LogP contribution in [0.3, 0.4) is 0 Å². The second kappa shape index (κ2) is 8.74. The van der Waals surface area contributed by atoms with Gasteiger partial charge in [0.1, 0.15) is 5.00 Å². The van der Waals surface area contributed by atoms with Crippen LogP contribution in [-0.4, -0.2) is 41.4 Å². The number of benzene rings is 1. The first-order chi connectivity index (χ1) is 14.3. The number of amides is 3. The van der Waals surface area contributed by atoms with Crippen LogP contribution in [0.15, 0.2) is 30.3 Å². The Labute approximate surface area is 175 Å². The molecule has 3 N–H and O–H groups in total. The number of ether oxygens (including phenoxy) is 1. The molecule has 30 heavy (non-hydrogen) atoms. The van der Waals surface area contributed by atoms with Gasteiger partial charge in [-0.1, -0.05) is 0 Å². The average molecular weight is 430 g/mol. The van der Waals surface area contributed by atoms with E-state index in [0.717, 1.165) is 10.4 Å². The van der Waals surface area contributed by atoms with Gasteiger partial charge in [0.05, 0.1) is 24.1 Å². The molecule has 1 aromatic heterocycles. The minimum absolute atomic E-state index is 0.0483. The van der Waals surface area contributed by atoms with E-state index < -0.39 is 22.8 Å². The molecule has 2 aromatic rings. The lowest BCUT2D eigenvalue weighted by Gasteiger charge is -2.25. The fourth-order valence-corrected chi connectivity index (χ4v) is 4.34. The maximum atomic E-state index is 12.3. The fraction of sp³-hybridized carbons (Fsp3) is 0.211. The summed E-state index contributed by atoms with van der Waals surface area (Å²) >= 11 is 1.19. The normalized spacial score (nSPS) is 13.0. The molecule has 0 saturated carbocycles. The van der Waals surface area contributed by atoms with Crippen LogP contribution in [0.2, 0.25) is 0 Å². The SMILES string of the molecule is COC(=O)N1CCc2c(sc(NC(=O)/C=C\c3ccc([N+](=O)[O-])cc3)c2C(N)=O)C1. The van der Waals surface area contributed by atoms with Crippen molar-refractivity contribution in [2.45, 2.75) is 13.0 Å². The summed E-state index contributed by atoms with van der Waals surface area (Å²) in [5.74, 6) is -1.15. The number of non-ortho nitro benzene ring substituents is 1. The molecule has 2 heterocycles. The zero-order chi connectivity index (χ0) is 21.8. The van der Waals surface area contributed by atoms with E-state index in [1.54, 1.807) is 0 Å². The number of primary amides is 1. The number of thiophene rings is 1. The lowest BCUT2D eigenvalue weighted by atomic mass is 10.0. The number of nitro benzene ring substituents is 1. The number of anilines is 1. The molecular formula is C19H18N4O6S. The molecule has 11 heteroatoms. The van der Waals surface area contributed by atoms with Crippen molar-refractivity contribution in [1.29, 1.82) is 0 Å². The van der Waals surface area contributed by atoms with Gasteiger partial charge in [0.15, 0.2) is 0 Å². The molecular weight excluding hydrogens is 412 g/mol. The summed E-state index contributed by atoms with van der Waals surface area (Å²) in [7, 11) is 1.30. The first-order valence-electron chi connectivity index (χ1n) is 8.81. The Morgan fingerprint density at radius 3 is 2.60 bits per heavy atom. The highest BCUT2D eigenvalue weighted by Crippen LogP contribution is 2.37. The number of rotatable bonds is 5. The Hall–Kier alpha value is -3.73. The number of fused-ring (bicyclic) bond motifs is 1. The van der Waals surface area contributed by atoms with Crippen molar-refractivity contribution in [1.82, 2.24) is 4.90 Å². The number of carbonyl (C=O) groups excluding carboxylic acids is 3. The second-order valence-electron chi connectivity index (χ2n) is 6.38. The van der Waals surface area contributed by atoms with E-state index in [2.05, 4.69) is 5.32 Å². The van der Waals surface area contributed by atoms with Crippen molar-refractivity contribution in [3.05, 3.63) is 62.0 Å². The van der Waals surface area contributed by atoms with Crippen molar-refractivity contribution in [3.63, 3.8) is 0 Å². The third kappa shape index (κ3) is 4.46. The molecule has 1 aliphatic heterocycles. The molecule has 0 atom stereocenters. The van der Waals surface area contributed by atoms with Crippen molar-refractivity contribution in [2.75, 3.05) is 19.0 Å². The number of nitrogens with two attached hydrogens (primary N) is 1. The van der Waals surface area contributed by atoms with Gasteiger partial charge in [-0.25, -0.2) is 4.79 Å². The number of nitrogens with one attached hydrogen (secondary N) is 1. The van der Waals surface area contributed by atoms with E-state index in [0.29, 0.717) is 23.5 Å². The Bertz CT molecular complexity index is 1040. The minimum Gasteiger partial charge on any atom is -0.453 e. The summed E-state index contributed by atoms with van der Waals surface area (Å²) in [4.78, 5) is 48.5. The van der Waals surface area contributed by atoms with Gasteiger partial charge in [-0.2, -0.15) is 0 Å². The maximum Gasteiger partial charge on any atom is 0.409 e. The molecule has 10 nitrogen and oxygen atoms in total. The highest BCUT2D eigenvalue weighted by atomic mass is 32.1. The van der Waals surface area contributed by atoms with E-state index in [-0.39, 0.29) is 17.8 Å². The van der Waals surface area contributed by atoms with Crippen molar-refractivity contribution in [3.8, 4) is 0 Å². The van der Waals surface area contributed by atoms with Gasteiger partial charge in [0, 0.05) is 29.6 Å². The monoisotopic (exact) mass is 430 g/mol. The zero-order valence-corrected chi connectivity index (χ0v) is 16.7. The summed E-state index contributed by atoms with van der Waals surface area (Å²) in [6.07, 6.45) is 2.71. The van der Waals surface area contributed by atoms with Crippen LogP contribution in [0.4, 0.5) is 15.5 Å². The van der Waals surface area contributed by atoms with Crippen molar-refractivity contribution < 1.29 is 24.0 Å². The smallest absolute Gasteiger partial charge is 0.409 e. The molecule has 0 saturated heterocycles. The third-order valence-electron chi connectivity index (χ3n) is 4.50. The van der Waals surface area contributed by atoms with Crippen LogP contribution < -0.4 is 11.1 Å². The van der Waals surface area contributed by atoms with Gasteiger partial charge >= 0.3 is 6.09 Å². The summed E-state index contributed by atoms with van der Waals surface area (Å²) in [5, 5.41) is 13.7. The number of methoxy groups -OCH3 is 1. The molecule has 0 spiro atoms. The largest absolute Gasteiger partial charge is 0.453 e. The highest BCUT2D eigenvalue weighted by Gasteiger charge is 2.29. The van der Waals surface area contributed by atoms with Crippen LogP contribution in [0.1, 0.15) is 26.4 Å². The number of hydrogen-bond acceptors (Lipinski definition) is 7. The van der Waals surface area contributed by atoms with Gasteiger partial charge in [-0.05, 0) is 35.8 Å². The summed E-state index contributed by atoms with van der Waals surface area (Å²) in [6.45, 7) is 0.644. The number of nitrogens with zero attached hydrogens (tertiary/aromatic N) is 2. The van der Waals surface area contributed by atoms with Crippen LogP contribution in [0.5, 0.6) is 0 Å².